The summed E-state index contributed by atoms with van der Waals surface area (Å²) in [6.07, 6.45) is 5.59. The van der Waals surface area contributed by atoms with Crippen molar-refractivity contribution in [1.29, 1.82) is 0 Å². The first kappa shape index (κ1) is 11.9. The molecule has 0 saturated carbocycles. The van der Waals surface area contributed by atoms with Gasteiger partial charge in [0.1, 0.15) is 0 Å². The van der Waals surface area contributed by atoms with Gasteiger partial charge in [0.05, 0.1) is 12.2 Å². The molecule has 0 aliphatic carbocycles. The number of aromatic nitrogens is 3. The van der Waals surface area contributed by atoms with Crippen molar-refractivity contribution in [2.24, 2.45) is 0 Å². The van der Waals surface area contributed by atoms with Crippen LogP contribution in [0.4, 0.5) is 0 Å². The first-order valence-corrected chi connectivity index (χ1v) is 6.48. The Morgan fingerprint density at radius 3 is 2.68 bits per heavy atom. The van der Waals surface area contributed by atoms with Crippen molar-refractivity contribution < 1.29 is 0 Å². The molecule has 0 fully saturated rings. The van der Waals surface area contributed by atoms with E-state index in [0.717, 1.165) is 28.1 Å². The van der Waals surface area contributed by atoms with Crippen LogP contribution in [0.1, 0.15) is 5.56 Å². The lowest BCUT2D eigenvalue weighted by Gasteiger charge is -2.08. The summed E-state index contributed by atoms with van der Waals surface area (Å²) in [7, 11) is 0. The van der Waals surface area contributed by atoms with Crippen molar-refractivity contribution in [2.45, 2.75) is 6.54 Å². The maximum Gasteiger partial charge on any atom is 0.177 e. The number of nitrogens with one attached hydrogen (secondary N) is 1. The number of aromatic amines is 1. The van der Waals surface area contributed by atoms with Crippen LogP contribution in [0.15, 0.2) is 61.1 Å². The molecule has 1 N–H and O–H groups in total. The lowest BCUT2D eigenvalue weighted by molar-refractivity contribution is 0.787. The van der Waals surface area contributed by atoms with Crippen LogP contribution in [0, 0.1) is 4.77 Å². The molecule has 3 aromatic rings. The Hall–Kier alpha value is -2.20. The Morgan fingerprint density at radius 1 is 1.11 bits per heavy atom. The average molecular weight is 267 g/mol. The molecule has 4 heteroatoms. The number of imidazole rings is 1. The minimum Gasteiger partial charge on any atom is -0.337 e. The number of rotatable bonds is 3. The molecule has 0 unspecified atom stereocenters. The normalized spacial score (nSPS) is 10.5. The Bertz CT molecular complexity index is 714. The van der Waals surface area contributed by atoms with Gasteiger partial charge < -0.3 is 9.55 Å². The van der Waals surface area contributed by atoms with E-state index in [1.807, 2.05) is 36.7 Å². The molecule has 19 heavy (non-hydrogen) atoms. The highest BCUT2D eigenvalue weighted by Gasteiger charge is 2.06. The highest BCUT2D eigenvalue weighted by Crippen LogP contribution is 2.20. The van der Waals surface area contributed by atoms with E-state index in [9.17, 15) is 0 Å². The molecule has 0 aliphatic rings. The standard InChI is InChI=1S/C15H13N3S/c19-15-17-10-14(13-6-2-1-3-7-13)18(15)11-12-5-4-8-16-9-12/h1-10H,11H2,(H,17,19). The van der Waals surface area contributed by atoms with Gasteiger partial charge in [-0.3, -0.25) is 4.98 Å². The number of benzene rings is 1. The second-order valence-corrected chi connectivity index (χ2v) is 4.68. The largest absolute Gasteiger partial charge is 0.337 e. The summed E-state index contributed by atoms with van der Waals surface area (Å²) in [5.41, 5.74) is 3.38. The van der Waals surface area contributed by atoms with Crippen LogP contribution in [0.25, 0.3) is 11.3 Å². The molecule has 0 bridgehead atoms. The summed E-state index contributed by atoms with van der Waals surface area (Å²) in [6.45, 7) is 0.723. The van der Waals surface area contributed by atoms with Gasteiger partial charge in [-0.1, -0.05) is 36.4 Å². The lowest BCUT2D eigenvalue weighted by atomic mass is 10.1. The molecule has 0 radical (unpaired) electrons. The maximum atomic E-state index is 5.36. The topological polar surface area (TPSA) is 33.6 Å². The molecule has 0 saturated heterocycles. The van der Waals surface area contributed by atoms with Crippen LogP contribution >= 0.6 is 12.2 Å². The van der Waals surface area contributed by atoms with Gasteiger partial charge in [-0.25, -0.2) is 0 Å². The minimum atomic E-state index is 0.723. The quantitative estimate of drug-likeness (QED) is 0.735. The molecule has 0 atom stereocenters. The zero-order valence-electron chi connectivity index (χ0n) is 10.3. The Labute approximate surface area is 116 Å². The van der Waals surface area contributed by atoms with Gasteiger partial charge in [-0.05, 0) is 29.4 Å². The van der Waals surface area contributed by atoms with Crippen LogP contribution in [0.2, 0.25) is 0 Å². The van der Waals surface area contributed by atoms with E-state index in [2.05, 4.69) is 32.7 Å². The van der Waals surface area contributed by atoms with Crippen molar-refractivity contribution in [3.8, 4) is 11.3 Å². The molecule has 94 valence electrons. The molecule has 1 aromatic carbocycles. The zero-order chi connectivity index (χ0) is 13.1. The summed E-state index contributed by atoms with van der Waals surface area (Å²) in [4.78, 5) is 7.25. The minimum absolute atomic E-state index is 0.723. The second kappa shape index (κ2) is 5.20. The molecule has 0 aliphatic heterocycles. The number of hydrogen-bond donors (Lipinski definition) is 1. The molecular weight excluding hydrogens is 254 g/mol. The van der Waals surface area contributed by atoms with Crippen LogP contribution in [0.3, 0.4) is 0 Å². The molecule has 3 nitrogen and oxygen atoms in total. The van der Waals surface area contributed by atoms with Gasteiger partial charge in [0.2, 0.25) is 0 Å². The molecule has 2 aromatic heterocycles. The maximum absolute atomic E-state index is 5.36. The average Bonchev–Trinajstić information content (AvgIpc) is 2.82. The summed E-state index contributed by atoms with van der Waals surface area (Å²) >= 11 is 5.36. The van der Waals surface area contributed by atoms with E-state index < -0.39 is 0 Å². The van der Waals surface area contributed by atoms with Crippen molar-refractivity contribution in [3.05, 3.63) is 71.4 Å². The highest BCUT2D eigenvalue weighted by molar-refractivity contribution is 7.71. The summed E-state index contributed by atoms with van der Waals surface area (Å²) in [5.74, 6) is 0. The fraction of sp³-hybridized carbons (Fsp3) is 0.0667. The van der Waals surface area contributed by atoms with Crippen molar-refractivity contribution in [1.82, 2.24) is 14.5 Å². The molecular formula is C15H13N3S. The summed E-state index contributed by atoms with van der Waals surface area (Å²) in [6, 6.07) is 14.2. The molecule has 3 rings (SSSR count). The van der Waals surface area contributed by atoms with Gasteiger partial charge in [-0.15, -0.1) is 0 Å². The number of nitrogens with zero attached hydrogens (tertiary/aromatic N) is 2. The fourth-order valence-electron chi connectivity index (χ4n) is 2.07. The van der Waals surface area contributed by atoms with Gasteiger partial charge >= 0.3 is 0 Å². The molecule has 0 amide bonds. The van der Waals surface area contributed by atoms with E-state index in [4.69, 9.17) is 12.2 Å². The summed E-state index contributed by atoms with van der Waals surface area (Å²) < 4.78 is 2.81. The third-order valence-corrected chi connectivity index (χ3v) is 3.34. The van der Waals surface area contributed by atoms with E-state index in [1.54, 1.807) is 6.20 Å². The van der Waals surface area contributed by atoms with Gasteiger partial charge in [0.25, 0.3) is 0 Å². The van der Waals surface area contributed by atoms with E-state index in [-0.39, 0.29) is 0 Å². The number of pyridine rings is 1. The summed E-state index contributed by atoms with van der Waals surface area (Å²) in [5, 5.41) is 0. The zero-order valence-corrected chi connectivity index (χ0v) is 11.1. The van der Waals surface area contributed by atoms with Crippen molar-refractivity contribution >= 4 is 12.2 Å². The Balaban J connectivity index is 2.03. The van der Waals surface area contributed by atoms with Gasteiger partial charge in [-0.2, -0.15) is 0 Å². The number of hydrogen-bond acceptors (Lipinski definition) is 2. The smallest absolute Gasteiger partial charge is 0.177 e. The van der Waals surface area contributed by atoms with Crippen LogP contribution in [-0.2, 0) is 6.54 Å². The third-order valence-electron chi connectivity index (χ3n) is 3.00. The highest BCUT2D eigenvalue weighted by atomic mass is 32.1. The first-order valence-electron chi connectivity index (χ1n) is 6.07. The molecule has 0 spiro atoms. The van der Waals surface area contributed by atoms with Crippen LogP contribution in [-0.4, -0.2) is 14.5 Å². The fourth-order valence-corrected chi connectivity index (χ4v) is 2.30. The van der Waals surface area contributed by atoms with Gasteiger partial charge in [0.15, 0.2) is 4.77 Å². The SMILES string of the molecule is S=c1[nH]cc(-c2ccccc2)n1Cc1cccnc1. The predicted molar refractivity (Wildman–Crippen MR) is 78.4 cm³/mol. The molecule has 2 heterocycles. The van der Waals surface area contributed by atoms with E-state index in [0.29, 0.717) is 0 Å². The van der Waals surface area contributed by atoms with E-state index in [1.165, 1.54) is 0 Å². The van der Waals surface area contributed by atoms with E-state index >= 15 is 0 Å². The lowest BCUT2D eigenvalue weighted by Crippen LogP contribution is -2.02. The van der Waals surface area contributed by atoms with Crippen molar-refractivity contribution in [3.63, 3.8) is 0 Å². The second-order valence-electron chi connectivity index (χ2n) is 4.29. The first-order chi connectivity index (χ1) is 9.34. The van der Waals surface area contributed by atoms with Gasteiger partial charge in [0, 0.05) is 18.6 Å². The van der Waals surface area contributed by atoms with Crippen molar-refractivity contribution in [2.75, 3.05) is 0 Å². The predicted octanol–water partition coefficient (Wildman–Crippen LogP) is 3.66. The van der Waals surface area contributed by atoms with Crippen LogP contribution in [0.5, 0.6) is 0 Å². The van der Waals surface area contributed by atoms with Crippen LogP contribution < -0.4 is 0 Å². The Kier molecular flexibility index (Phi) is 3.25. The Morgan fingerprint density at radius 2 is 1.95 bits per heavy atom. The third kappa shape index (κ3) is 2.48. The monoisotopic (exact) mass is 267 g/mol. The number of H-pyrrole nitrogens is 1.